The minimum absolute atomic E-state index is 0.132. The molecule has 4 heteroatoms. The predicted molar refractivity (Wildman–Crippen MR) is 128 cm³/mol. The maximum atomic E-state index is 11.6. The van der Waals surface area contributed by atoms with Gasteiger partial charge in [-0.25, -0.2) is 0 Å². The van der Waals surface area contributed by atoms with Crippen LogP contribution in [0.15, 0.2) is 84.9 Å². The maximum Gasteiger partial charge on any atom is 0.298 e. The van der Waals surface area contributed by atoms with E-state index in [1.165, 1.54) is 33.4 Å². The van der Waals surface area contributed by atoms with E-state index in [0.29, 0.717) is 30.9 Å². The molecule has 0 saturated heterocycles. The van der Waals surface area contributed by atoms with Gasteiger partial charge in [0, 0.05) is 17.0 Å². The van der Waals surface area contributed by atoms with Crippen LogP contribution >= 0.6 is 0 Å². The van der Waals surface area contributed by atoms with Crippen molar-refractivity contribution in [1.29, 1.82) is 0 Å². The number of benzene rings is 4. The smallest absolute Gasteiger partial charge is 0.298 e. The standard InChI is InChI=1S/C30H22O4/c1-19-10-12-20(13-11-19)16-30-23-8-4-2-6-21(23)27(22-7-3-5-9-24(22)30)28-25(33-17-31)14-15-26(29(28)30)34-18-32/h2-15,17-18,27H,16H2,1H3. The maximum absolute atomic E-state index is 11.6. The predicted octanol–water partition coefficient (Wildman–Crippen LogP) is 5.45. The topological polar surface area (TPSA) is 52.6 Å². The zero-order valence-electron chi connectivity index (χ0n) is 18.7. The van der Waals surface area contributed by atoms with Crippen LogP contribution in [0.4, 0.5) is 0 Å². The number of aryl methyl sites for hydroxylation is 1. The van der Waals surface area contributed by atoms with Gasteiger partial charge in [0.05, 0.1) is 5.41 Å². The lowest BCUT2D eigenvalue weighted by Gasteiger charge is -2.51. The normalized spacial score (nSPS) is 18.9. The molecule has 3 aliphatic rings. The highest BCUT2D eigenvalue weighted by atomic mass is 16.5. The molecular weight excluding hydrogens is 424 g/mol. The molecule has 0 saturated carbocycles. The Morgan fingerprint density at radius 1 is 0.735 bits per heavy atom. The van der Waals surface area contributed by atoms with Crippen molar-refractivity contribution in [2.75, 3.05) is 0 Å². The van der Waals surface area contributed by atoms with Crippen LogP contribution in [0, 0.1) is 6.92 Å². The van der Waals surface area contributed by atoms with Crippen LogP contribution in [0.3, 0.4) is 0 Å². The minimum atomic E-state index is -0.618. The van der Waals surface area contributed by atoms with Crippen molar-refractivity contribution in [2.45, 2.75) is 24.7 Å². The molecule has 0 spiro atoms. The highest BCUT2D eigenvalue weighted by Gasteiger charge is 2.54. The molecule has 3 aliphatic carbocycles. The Morgan fingerprint density at radius 3 is 1.91 bits per heavy atom. The van der Waals surface area contributed by atoms with E-state index in [1.807, 2.05) is 12.1 Å². The molecule has 166 valence electrons. The Balaban J connectivity index is 1.76. The molecule has 2 bridgehead atoms. The third-order valence-corrected chi connectivity index (χ3v) is 7.29. The van der Waals surface area contributed by atoms with E-state index in [0.717, 1.165) is 11.1 Å². The number of rotatable bonds is 6. The summed E-state index contributed by atoms with van der Waals surface area (Å²) < 4.78 is 11.1. The molecule has 0 N–H and O–H groups in total. The molecule has 0 aliphatic heterocycles. The van der Waals surface area contributed by atoms with Gasteiger partial charge in [0.25, 0.3) is 12.9 Å². The van der Waals surface area contributed by atoms with Crippen LogP contribution < -0.4 is 9.47 Å². The fraction of sp³-hybridized carbons (Fsp3) is 0.133. The second-order valence-corrected chi connectivity index (χ2v) is 8.95. The van der Waals surface area contributed by atoms with Gasteiger partial charge in [-0.1, -0.05) is 78.4 Å². The Hall–Kier alpha value is -4.18. The van der Waals surface area contributed by atoms with Crippen molar-refractivity contribution in [1.82, 2.24) is 0 Å². The summed E-state index contributed by atoms with van der Waals surface area (Å²) >= 11 is 0. The van der Waals surface area contributed by atoms with E-state index in [1.54, 1.807) is 12.1 Å². The zero-order chi connectivity index (χ0) is 23.3. The summed E-state index contributed by atoms with van der Waals surface area (Å²) in [5, 5.41) is 0. The highest BCUT2D eigenvalue weighted by Crippen LogP contribution is 2.63. The molecule has 7 rings (SSSR count). The summed E-state index contributed by atoms with van der Waals surface area (Å²) in [6.45, 7) is 3.00. The Bertz CT molecular complexity index is 1390. The van der Waals surface area contributed by atoms with Crippen molar-refractivity contribution in [3.63, 3.8) is 0 Å². The van der Waals surface area contributed by atoms with Crippen molar-refractivity contribution in [3.8, 4) is 11.5 Å². The molecule has 4 aromatic rings. The van der Waals surface area contributed by atoms with E-state index in [4.69, 9.17) is 9.47 Å². The van der Waals surface area contributed by atoms with Gasteiger partial charge >= 0.3 is 0 Å². The molecule has 0 unspecified atom stereocenters. The SMILES string of the molecule is Cc1ccc(CC23c4ccccc4C(c4ccccc42)c2c(OC=O)ccc(OC=O)c23)cc1. The molecule has 4 nitrogen and oxygen atoms in total. The van der Waals surface area contributed by atoms with E-state index < -0.39 is 5.41 Å². The monoisotopic (exact) mass is 446 g/mol. The van der Waals surface area contributed by atoms with Gasteiger partial charge < -0.3 is 9.47 Å². The van der Waals surface area contributed by atoms with Gasteiger partial charge in [-0.05, 0) is 53.3 Å². The molecule has 0 atom stereocenters. The summed E-state index contributed by atoms with van der Waals surface area (Å²) in [6, 6.07) is 28.9. The first-order valence-corrected chi connectivity index (χ1v) is 11.3. The number of carbonyl (C=O) groups excluding carboxylic acids is 2. The van der Waals surface area contributed by atoms with Crippen LogP contribution in [0.25, 0.3) is 0 Å². The molecule has 4 aromatic carbocycles. The quantitative estimate of drug-likeness (QED) is 0.370. The molecule has 0 aromatic heterocycles. The summed E-state index contributed by atoms with van der Waals surface area (Å²) in [5.41, 5.74) is 8.25. The second-order valence-electron chi connectivity index (χ2n) is 8.95. The van der Waals surface area contributed by atoms with Gasteiger partial charge in [-0.15, -0.1) is 0 Å². The van der Waals surface area contributed by atoms with Crippen molar-refractivity contribution in [3.05, 3.63) is 129 Å². The molecule has 0 radical (unpaired) electrons. The first-order chi connectivity index (χ1) is 16.7. The van der Waals surface area contributed by atoms with Gasteiger partial charge in [0.1, 0.15) is 11.5 Å². The van der Waals surface area contributed by atoms with Crippen molar-refractivity contribution >= 4 is 12.9 Å². The first-order valence-electron chi connectivity index (χ1n) is 11.3. The fourth-order valence-electron chi connectivity index (χ4n) is 6.07. The summed E-state index contributed by atoms with van der Waals surface area (Å²) in [7, 11) is 0. The van der Waals surface area contributed by atoms with E-state index in [9.17, 15) is 9.59 Å². The lowest BCUT2D eigenvalue weighted by Crippen LogP contribution is -2.44. The van der Waals surface area contributed by atoms with Crippen LogP contribution in [0.5, 0.6) is 11.5 Å². The summed E-state index contributed by atoms with van der Waals surface area (Å²) in [6.07, 6.45) is 0.667. The second kappa shape index (κ2) is 7.70. The lowest BCUT2D eigenvalue weighted by molar-refractivity contribution is -0.121. The average Bonchev–Trinajstić information content (AvgIpc) is 2.87. The van der Waals surface area contributed by atoms with E-state index >= 15 is 0 Å². The number of hydrogen-bond acceptors (Lipinski definition) is 4. The molecular formula is C30H22O4. The highest BCUT2D eigenvalue weighted by molar-refractivity contribution is 5.78. The fourth-order valence-corrected chi connectivity index (χ4v) is 6.07. The number of carbonyl (C=O) groups is 2. The van der Waals surface area contributed by atoms with Crippen molar-refractivity contribution < 1.29 is 19.1 Å². The van der Waals surface area contributed by atoms with Gasteiger partial charge in [0.2, 0.25) is 0 Å². The third-order valence-electron chi connectivity index (χ3n) is 7.29. The van der Waals surface area contributed by atoms with Crippen molar-refractivity contribution in [2.24, 2.45) is 0 Å². The molecule has 0 amide bonds. The summed E-state index contributed by atoms with van der Waals surface area (Å²) in [4.78, 5) is 23.0. The number of hydrogen-bond donors (Lipinski definition) is 0. The Morgan fingerprint density at radius 2 is 1.29 bits per heavy atom. The Kier molecular flexibility index (Phi) is 4.63. The lowest BCUT2D eigenvalue weighted by atomic mass is 9.51. The van der Waals surface area contributed by atoms with Crippen LogP contribution in [0.2, 0.25) is 0 Å². The average molecular weight is 447 g/mol. The van der Waals surface area contributed by atoms with Crippen LogP contribution in [-0.2, 0) is 21.4 Å². The molecule has 34 heavy (non-hydrogen) atoms. The largest absolute Gasteiger partial charge is 0.428 e. The van der Waals surface area contributed by atoms with Gasteiger partial charge in [0.15, 0.2) is 0 Å². The summed E-state index contributed by atoms with van der Waals surface area (Å²) in [5.74, 6) is 0.849. The Labute approximate surface area is 197 Å². The van der Waals surface area contributed by atoms with E-state index in [2.05, 4.69) is 67.6 Å². The third kappa shape index (κ3) is 2.72. The van der Waals surface area contributed by atoms with Gasteiger partial charge in [-0.3, -0.25) is 9.59 Å². The van der Waals surface area contributed by atoms with Gasteiger partial charge in [-0.2, -0.15) is 0 Å². The first kappa shape index (κ1) is 20.4. The number of ether oxygens (including phenoxy) is 2. The molecule has 0 heterocycles. The van der Waals surface area contributed by atoms with Crippen LogP contribution in [-0.4, -0.2) is 12.9 Å². The minimum Gasteiger partial charge on any atom is -0.428 e. The van der Waals surface area contributed by atoms with Crippen LogP contribution in [0.1, 0.15) is 50.4 Å². The molecule has 0 fully saturated rings. The van der Waals surface area contributed by atoms with E-state index in [-0.39, 0.29) is 5.92 Å². The zero-order valence-corrected chi connectivity index (χ0v) is 18.7.